The quantitative estimate of drug-likeness (QED) is 0.173. The summed E-state index contributed by atoms with van der Waals surface area (Å²) in [7, 11) is 0.288. The highest BCUT2D eigenvalue weighted by Gasteiger charge is 2.44. The summed E-state index contributed by atoms with van der Waals surface area (Å²) in [4.78, 5) is 16.6. The second-order valence-electron chi connectivity index (χ2n) is 15.3. The highest BCUT2D eigenvalue weighted by molar-refractivity contribution is 7.85. The van der Waals surface area contributed by atoms with Gasteiger partial charge in [0.2, 0.25) is 5.69 Å². The molecule has 0 atom stereocenters. The number of rotatable bonds is 13. The summed E-state index contributed by atoms with van der Waals surface area (Å²) in [6.07, 6.45) is 10.8. The van der Waals surface area contributed by atoms with Crippen molar-refractivity contribution in [1.29, 1.82) is 0 Å². The topological polar surface area (TPSA) is 80.9 Å². The minimum atomic E-state index is -4.01. The fourth-order valence-corrected chi connectivity index (χ4v) is 8.13. The molecule has 5 rings (SSSR count). The van der Waals surface area contributed by atoms with E-state index in [0.717, 1.165) is 43.7 Å². The number of hydrogen-bond donors (Lipinski definition) is 1. The number of anilines is 1. The van der Waals surface area contributed by atoms with Crippen molar-refractivity contribution in [2.75, 3.05) is 37.8 Å². The van der Waals surface area contributed by atoms with Crippen LogP contribution in [0, 0.1) is 5.92 Å². The largest absolute Gasteiger partial charge is 0.344 e. The number of hydrogen-bond acceptors (Lipinski definition) is 5. The lowest BCUT2D eigenvalue weighted by atomic mass is 9.80. The lowest BCUT2D eigenvalue weighted by Crippen LogP contribution is -2.28. The van der Waals surface area contributed by atoms with Crippen LogP contribution in [-0.4, -0.2) is 66.9 Å². The van der Waals surface area contributed by atoms with Gasteiger partial charge in [-0.2, -0.15) is 13.0 Å². The molecule has 1 aliphatic carbocycles. The zero-order chi connectivity index (χ0) is 35.0. The van der Waals surface area contributed by atoms with Gasteiger partial charge in [-0.3, -0.25) is 9.35 Å². The average Bonchev–Trinajstić information content (AvgIpc) is 3.60. The van der Waals surface area contributed by atoms with Gasteiger partial charge in [0.05, 0.1) is 11.2 Å². The molecule has 0 fully saturated rings. The van der Waals surface area contributed by atoms with Crippen LogP contribution in [0.2, 0.25) is 0 Å². The van der Waals surface area contributed by atoms with E-state index in [-0.39, 0.29) is 22.5 Å². The smallest absolute Gasteiger partial charge is 0.264 e. The lowest BCUT2D eigenvalue weighted by molar-refractivity contribution is -0.401. The second-order valence-corrected chi connectivity index (χ2v) is 16.9. The Kier molecular flexibility index (Phi) is 10.4. The number of carbonyl (C=O) groups is 1. The first kappa shape index (κ1) is 36.0. The van der Waals surface area contributed by atoms with Crippen LogP contribution in [0.3, 0.4) is 0 Å². The Morgan fingerprint density at radius 3 is 2.46 bits per heavy atom. The molecule has 0 saturated carbocycles. The minimum Gasteiger partial charge on any atom is -0.344 e. The van der Waals surface area contributed by atoms with E-state index < -0.39 is 10.1 Å². The van der Waals surface area contributed by atoms with Crippen molar-refractivity contribution in [2.45, 2.75) is 91.0 Å². The monoisotopic (exact) mass is 672 g/mol. The van der Waals surface area contributed by atoms with Crippen LogP contribution in [0.1, 0.15) is 90.3 Å². The standard InChI is InChI=1S/C40H53N3O4S/c1-28(2)36(44)15-11-20-41(7)27-31-18-19-34-33(24-31)40(5,6)37(42(34)8)25-29-16-17-30(23-29)26-38-39(3,4)32-13-9-10-14-35(32)43(38)21-12-22-48(45,46)47/h9-10,13-14,18-19,23-26,28H,11-12,15-17,20-22,27H2,1-8H3/p+1. The average molecular weight is 673 g/mol. The van der Waals surface area contributed by atoms with Gasteiger partial charge >= 0.3 is 0 Å². The highest BCUT2D eigenvalue weighted by Crippen LogP contribution is 2.48. The maximum atomic E-state index is 12.0. The van der Waals surface area contributed by atoms with Crippen molar-refractivity contribution in [3.8, 4) is 0 Å². The first-order valence-corrected chi connectivity index (χ1v) is 19.0. The normalized spacial score (nSPS) is 20.0. The third-order valence-electron chi connectivity index (χ3n) is 10.5. The molecular weight excluding hydrogens is 619 g/mol. The molecular formula is C40H54N3O4S+. The van der Waals surface area contributed by atoms with Crippen LogP contribution in [0.15, 0.2) is 77.5 Å². The van der Waals surface area contributed by atoms with E-state index in [1.165, 1.54) is 39.2 Å². The summed E-state index contributed by atoms with van der Waals surface area (Å²) >= 11 is 0. The number of allylic oxidation sites excluding steroid dienone is 6. The molecule has 0 bridgehead atoms. The van der Waals surface area contributed by atoms with Crippen molar-refractivity contribution < 1.29 is 22.3 Å². The molecule has 2 aliphatic heterocycles. The zero-order valence-corrected chi connectivity index (χ0v) is 31.0. The Morgan fingerprint density at radius 2 is 1.75 bits per heavy atom. The molecule has 0 saturated heterocycles. The van der Waals surface area contributed by atoms with E-state index in [2.05, 4.69) is 111 Å². The van der Waals surface area contributed by atoms with E-state index in [1.807, 2.05) is 19.9 Å². The van der Waals surface area contributed by atoms with Crippen molar-refractivity contribution >= 4 is 33.0 Å². The second kappa shape index (κ2) is 13.9. The van der Waals surface area contributed by atoms with Crippen LogP contribution in [-0.2, 0) is 32.3 Å². The summed E-state index contributed by atoms with van der Waals surface area (Å²) in [5.41, 5.74) is 10.9. The number of carbonyl (C=O) groups excluding carboxylic acids is 1. The Labute approximate surface area is 288 Å². The molecule has 0 radical (unpaired) electrons. The van der Waals surface area contributed by atoms with Gasteiger partial charge in [-0.05, 0) is 93.6 Å². The fourth-order valence-electron chi connectivity index (χ4n) is 7.64. The third-order valence-corrected chi connectivity index (χ3v) is 11.3. The van der Waals surface area contributed by atoms with Gasteiger partial charge in [-0.15, -0.1) is 0 Å². The van der Waals surface area contributed by atoms with Crippen LogP contribution in [0.25, 0.3) is 0 Å². The van der Waals surface area contributed by atoms with E-state index in [1.54, 1.807) is 0 Å². The Balaban J connectivity index is 1.34. The van der Waals surface area contributed by atoms with E-state index >= 15 is 0 Å². The van der Waals surface area contributed by atoms with Crippen molar-refractivity contribution in [3.05, 3.63) is 94.2 Å². The van der Waals surface area contributed by atoms with Crippen LogP contribution >= 0.6 is 0 Å². The fraction of sp³-hybridized carbons (Fsp3) is 0.500. The predicted molar refractivity (Wildman–Crippen MR) is 197 cm³/mol. The van der Waals surface area contributed by atoms with Gasteiger partial charge in [0, 0.05) is 59.9 Å². The Hall–Kier alpha value is -3.33. The Bertz CT molecular complexity index is 1810. The first-order chi connectivity index (χ1) is 22.5. The van der Waals surface area contributed by atoms with Crippen LogP contribution in [0.4, 0.5) is 11.4 Å². The predicted octanol–water partition coefficient (Wildman–Crippen LogP) is 7.74. The molecule has 0 amide bonds. The van der Waals surface area contributed by atoms with E-state index in [0.29, 0.717) is 25.2 Å². The summed E-state index contributed by atoms with van der Waals surface area (Å²) in [5, 5.41) is 0. The minimum absolute atomic E-state index is 0.107. The van der Waals surface area contributed by atoms with E-state index in [9.17, 15) is 17.8 Å². The maximum absolute atomic E-state index is 12.0. The summed E-state index contributed by atoms with van der Waals surface area (Å²) in [6.45, 7) is 15.3. The molecule has 3 aliphatic rings. The molecule has 258 valence electrons. The molecule has 7 nitrogen and oxygen atoms in total. The number of nitrogens with zero attached hydrogens (tertiary/aromatic N) is 3. The molecule has 1 N–H and O–H groups in total. The molecule has 0 spiro atoms. The molecule has 2 aromatic rings. The molecule has 2 aromatic carbocycles. The molecule has 8 heteroatoms. The Morgan fingerprint density at radius 1 is 1.02 bits per heavy atom. The van der Waals surface area contributed by atoms with Gasteiger partial charge in [-0.1, -0.05) is 58.0 Å². The molecule has 0 unspecified atom stereocenters. The van der Waals surface area contributed by atoms with Crippen molar-refractivity contribution in [1.82, 2.24) is 4.90 Å². The van der Waals surface area contributed by atoms with Crippen LogP contribution in [0.5, 0.6) is 0 Å². The summed E-state index contributed by atoms with van der Waals surface area (Å²) in [5.74, 6) is 0.195. The molecule has 2 heterocycles. The summed E-state index contributed by atoms with van der Waals surface area (Å²) < 4.78 is 34.6. The number of para-hydroxylation sites is 1. The SMILES string of the molecule is CC(C)C(=O)CCCN(C)Cc1ccc2c(c1)C(C)(C)C(C=C1C=C(C=C3N(CCCS(=O)(=O)O)c4ccccc4C3(C)C)CC1)=[N+]2C. The van der Waals surface area contributed by atoms with Crippen LogP contribution < -0.4 is 4.90 Å². The zero-order valence-electron chi connectivity index (χ0n) is 30.1. The first-order valence-electron chi connectivity index (χ1n) is 17.4. The molecule has 48 heavy (non-hydrogen) atoms. The van der Waals surface area contributed by atoms with E-state index in [4.69, 9.17) is 0 Å². The number of ketones is 1. The number of Topliss-reactive ketones (excluding diaryl/α,β-unsaturated/α-hetero) is 1. The molecule has 0 aromatic heterocycles. The third kappa shape index (κ3) is 7.61. The van der Waals surface area contributed by atoms with Gasteiger partial charge in [0.15, 0.2) is 5.71 Å². The van der Waals surface area contributed by atoms with Gasteiger partial charge in [0.25, 0.3) is 10.1 Å². The van der Waals surface area contributed by atoms with Gasteiger partial charge in [-0.25, -0.2) is 0 Å². The number of benzene rings is 2. The summed E-state index contributed by atoms with van der Waals surface area (Å²) in [6, 6.07) is 15.2. The van der Waals surface area contributed by atoms with Gasteiger partial charge < -0.3 is 9.80 Å². The lowest BCUT2D eigenvalue weighted by Gasteiger charge is -2.27. The van der Waals surface area contributed by atoms with Crippen molar-refractivity contribution in [2.24, 2.45) is 5.92 Å². The highest BCUT2D eigenvalue weighted by atomic mass is 32.2. The van der Waals surface area contributed by atoms with Crippen molar-refractivity contribution in [3.63, 3.8) is 0 Å². The maximum Gasteiger partial charge on any atom is 0.264 e. The van der Waals surface area contributed by atoms with Gasteiger partial charge in [0.1, 0.15) is 12.8 Å². The number of fused-ring (bicyclic) bond motifs is 2.